The lowest BCUT2D eigenvalue weighted by molar-refractivity contribution is -0.384. The van der Waals surface area contributed by atoms with Gasteiger partial charge in [0.2, 0.25) is 0 Å². The second-order valence-electron chi connectivity index (χ2n) is 6.39. The topological polar surface area (TPSA) is 48.1 Å². The minimum absolute atomic E-state index is 0.0968. The molecule has 0 unspecified atom stereocenters. The van der Waals surface area contributed by atoms with E-state index in [0.29, 0.717) is 0 Å². The zero-order chi connectivity index (χ0) is 18.8. The SMILES string of the molecule is Cn1c(-c2ccc([N+](=O)[O-])cc2)cc(-c2ccccc2)c1-c1ccccc1. The van der Waals surface area contributed by atoms with Gasteiger partial charge in [0.05, 0.1) is 10.6 Å². The molecule has 0 fully saturated rings. The maximum atomic E-state index is 10.9. The van der Waals surface area contributed by atoms with Gasteiger partial charge in [-0.1, -0.05) is 60.7 Å². The number of hydrogen-bond donors (Lipinski definition) is 0. The molecule has 0 amide bonds. The Labute approximate surface area is 157 Å². The van der Waals surface area contributed by atoms with Gasteiger partial charge in [-0.15, -0.1) is 0 Å². The number of benzene rings is 3. The van der Waals surface area contributed by atoms with Crippen LogP contribution in [0.1, 0.15) is 0 Å². The molecule has 1 heterocycles. The van der Waals surface area contributed by atoms with Gasteiger partial charge in [0.1, 0.15) is 0 Å². The summed E-state index contributed by atoms with van der Waals surface area (Å²) in [6.45, 7) is 0. The molecule has 0 bridgehead atoms. The summed E-state index contributed by atoms with van der Waals surface area (Å²) in [5.74, 6) is 0. The predicted octanol–water partition coefficient (Wildman–Crippen LogP) is 5.93. The van der Waals surface area contributed by atoms with E-state index in [1.54, 1.807) is 24.3 Å². The fraction of sp³-hybridized carbons (Fsp3) is 0.0435. The van der Waals surface area contributed by atoms with E-state index < -0.39 is 0 Å². The molecule has 0 aliphatic carbocycles. The van der Waals surface area contributed by atoms with Crippen LogP contribution in [0.3, 0.4) is 0 Å². The Morgan fingerprint density at radius 3 is 1.85 bits per heavy atom. The summed E-state index contributed by atoms with van der Waals surface area (Å²) in [5.41, 5.74) is 6.59. The molecule has 132 valence electrons. The molecule has 0 saturated heterocycles. The van der Waals surface area contributed by atoms with E-state index in [0.717, 1.165) is 33.6 Å². The summed E-state index contributed by atoms with van der Waals surface area (Å²) in [5, 5.41) is 10.9. The first-order valence-corrected chi connectivity index (χ1v) is 8.70. The third kappa shape index (κ3) is 3.13. The first kappa shape index (κ1) is 16.8. The van der Waals surface area contributed by atoms with E-state index >= 15 is 0 Å². The molecular formula is C23H18N2O2. The summed E-state index contributed by atoms with van der Waals surface area (Å²) in [6.07, 6.45) is 0. The van der Waals surface area contributed by atoms with Crippen molar-refractivity contribution in [2.45, 2.75) is 0 Å². The summed E-state index contributed by atoms with van der Waals surface area (Å²) < 4.78 is 2.15. The van der Waals surface area contributed by atoms with Crippen molar-refractivity contribution in [2.24, 2.45) is 7.05 Å². The summed E-state index contributed by atoms with van der Waals surface area (Å²) in [6, 6.07) is 29.4. The number of rotatable bonds is 4. The molecule has 4 nitrogen and oxygen atoms in total. The van der Waals surface area contributed by atoms with Gasteiger partial charge in [-0.2, -0.15) is 0 Å². The van der Waals surface area contributed by atoms with Crippen LogP contribution >= 0.6 is 0 Å². The number of nitro groups is 1. The highest BCUT2D eigenvalue weighted by molar-refractivity contribution is 5.86. The molecule has 0 saturated carbocycles. The highest BCUT2D eigenvalue weighted by Crippen LogP contribution is 2.38. The van der Waals surface area contributed by atoms with E-state index in [1.807, 2.05) is 43.4 Å². The molecule has 0 radical (unpaired) electrons. The zero-order valence-corrected chi connectivity index (χ0v) is 14.9. The predicted molar refractivity (Wildman–Crippen MR) is 108 cm³/mol. The van der Waals surface area contributed by atoms with Gasteiger partial charge in [0.15, 0.2) is 0 Å². The van der Waals surface area contributed by atoms with Gasteiger partial charge in [-0.25, -0.2) is 0 Å². The van der Waals surface area contributed by atoms with E-state index in [4.69, 9.17) is 0 Å². The van der Waals surface area contributed by atoms with Crippen LogP contribution in [0.5, 0.6) is 0 Å². The monoisotopic (exact) mass is 354 g/mol. The average Bonchev–Trinajstić information content (AvgIpc) is 3.06. The molecule has 4 aromatic rings. The standard InChI is InChI=1S/C23H18N2O2/c1-24-22(18-12-14-20(15-13-18)25(26)27)16-21(17-8-4-2-5-9-17)23(24)19-10-6-3-7-11-19/h2-16H,1H3. The van der Waals surface area contributed by atoms with E-state index in [1.165, 1.54) is 0 Å². The van der Waals surface area contributed by atoms with Crippen LogP contribution in [-0.4, -0.2) is 9.49 Å². The zero-order valence-electron chi connectivity index (χ0n) is 14.9. The quantitative estimate of drug-likeness (QED) is 0.337. The lowest BCUT2D eigenvalue weighted by Crippen LogP contribution is -1.95. The molecule has 0 N–H and O–H groups in total. The summed E-state index contributed by atoms with van der Waals surface area (Å²) in [7, 11) is 2.03. The van der Waals surface area contributed by atoms with Crippen LogP contribution in [0, 0.1) is 10.1 Å². The molecule has 3 aromatic carbocycles. The Balaban J connectivity index is 1.92. The molecular weight excluding hydrogens is 336 g/mol. The third-order valence-corrected chi connectivity index (χ3v) is 4.74. The van der Waals surface area contributed by atoms with Crippen molar-refractivity contribution >= 4 is 5.69 Å². The number of non-ortho nitro benzene ring substituents is 1. The molecule has 4 heteroatoms. The van der Waals surface area contributed by atoms with Crippen molar-refractivity contribution in [2.75, 3.05) is 0 Å². The third-order valence-electron chi connectivity index (χ3n) is 4.74. The van der Waals surface area contributed by atoms with E-state index in [2.05, 4.69) is 34.9 Å². The van der Waals surface area contributed by atoms with Crippen LogP contribution in [0.4, 0.5) is 5.69 Å². The van der Waals surface area contributed by atoms with Crippen molar-refractivity contribution < 1.29 is 4.92 Å². The first-order valence-electron chi connectivity index (χ1n) is 8.70. The molecule has 1 aromatic heterocycles. The van der Waals surface area contributed by atoms with Crippen LogP contribution in [0.15, 0.2) is 91.0 Å². The van der Waals surface area contributed by atoms with Crippen molar-refractivity contribution in [1.82, 2.24) is 4.57 Å². The van der Waals surface area contributed by atoms with E-state index in [-0.39, 0.29) is 10.6 Å². The molecule has 0 aliphatic heterocycles. The fourth-order valence-electron chi connectivity index (χ4n) is 3.42. The molecule has 0 atom stereocenters. The first-order chi connectivity index (χ1) is 13.1. The van der Waals surface area contributed by atoms with E-state index in [9.17, 15) is 10.1 Å². The van der Waals surface area contributed by atoms with Gasteiger partial charge in [-0.3, -0.25) is 10.1 Å². The molecule has 0 spiro atoms. The molecule has 27 heavy (non-hydrogen) atoms. The second kappa shape index (κ2) is 6.92. The number of aromatic nitrogens is 1. The van der Waals surface area contributed by atoms with Gasteiger partial charge < -0.3 is 4.57 Å². The average molecular weight is 354 g/mol. The maximum absolute atomic E-state index is 10.9. The minimum Gasteiger partial charge on any atom is -0.343 e. The van der Waals surface area contributed by atoms with Gasteiger partial charge in [-0.05, 0) is 34.9 Å². The highest BCUT2D eigenvalue weighted by Gasteiger charge is 2.17. The fourth-order valence-corrected chi connectivity index (χ4v) is 3.42. The Hall–Kier alpha value is -3.66. The number of nitro benzene ring substituents is 1. The van der Waals surface area contributed by atoms with Gasteiger partial charge in [0, 0.05) is 30.4 Å². The molecule has 4 rings (SSSR count). The lowest BCUT2D eigenvalue weighted by atomic mass is 10.0. The van der Waals surface area contributed by atoms with Crippen molar-refractivity contribution in [3.8, 4) is 33.6 Å². The normalized spacial score (nSPS) is 10.7. The van der Waals surface area contributed by atoms with Crippen LogP contribution in [0.25, 0.3) is 33.6 Å². The summed E-state index contributed by atoms with van der Waals surface area (Å²) >= 11 is 0. The van der Waals surface area contributed by atoms with Crippen molar-refractivity contribution in [1.29, 1.82) is 0 Å². The summed E-state index contributed by atoms with van der Waals surface area (Å²) in [4.78, 5) is 10.6. The second-order valence-corrected chi connectivity index (χ2v) is 6.39. The molecule has 0 aliphatic rings. The minimum atomic E-state index is -0.375. The maximum Gasteiger partial charge on any atom is 0.269 e. The highest BCUT2D eigenvalue weighted by atomic mass is 16.6. The van der Waals surface area contributed by atoms with Crippen LogP contribution < -0.4 is 0 Å². The van der Waals surface area contributed by atoms with Gasteiger partial charge in [0.25, 0.3) is 5.69 Å². The Morgan fingerprint density at radius 1 is 0.741 bits per heavy atom. The van der Waals surface area contributed by atoms with Gasteiger partial charge >= 0.3 is 0 Å². The van der Waals surface area contributed by atoms with Crippen LogP contribution in [0.2, 0.25) is 0 Å². The largest absolute Gasteiger partial charge is 0.343 e. The Bertz CT molecular complexity index is 1080. The van der Waals surface area contributed by atoms with Crippen molar-refractivity contribution in [3.63, 3.8) is 0 Å². The lowest BCUT2D eigenvalue weighted by Gasteiger charge is -2.10. The van der Waals surface area contributed by atoms with Crippen LogP contribution in [-0.2, 0) is 7.05 Å². The smallest absolute Gasteiger partial charge is 0.269 e. The Morgan fingerprint density at radius 2 is 1.30 bits per heavy atom. The number of nitrogens with zero attached hydrogens (tertiary/aromatic N) is 2. The number of hydrogen-bond acceptors (Lipinski definition) is 2. The Kier molecular flexibility index (Phi) is 4.30. The van der Waals surface area contributed by atoms with Crippen molar-refractivity contribution in [3.05, 3.63) is 101 Å².